The minimum Gasteiger partial charge on any atom is -0.507 e. The van der Waals surface area contributed by atoms with Crippen LogP contribution in [0.5, 0.6) is 5.75 Å². The summed E-state index contributed by atoms with van der Waals surface area (Å²) in [6.45, 7) is -0.512. The van der Waals surface area contributed by atoms with Gasteiger partial charge in [0.1, 0.15) is 11.3 Å². The van der Waals surface area contributed by atoms with Gasteiger partial charge in [-0.25, -0.2) is 4.79 Å². The molecule has 2 aromatic carbocycles. The Labute approximate surface area is 186 Å². The van der Waals surface area contributed by atoms with E-state index in [1.807, 2.05) is 12.2 Å². The summed E-state index contributed by atoms with van der Waals surface area (Å²) >= 11 is 3.28. The fourth-order valence-electron chi connectivity index (χ4n) is 3.81. The van der Waals surface area contributed by atoms with E-state index in [9.17, 15) is 24.3 Å². The zero-order valence-corrected chi connectivity index (χ0v) is 17.9. The minimum atomic E-state index is -0.928. The smallest absolute Gasteiger partial charge is 0.342 e. The molecule has 1 heterocycles. The van der Waals surface area contributed by atoms with Gasteiger partial charge in [-0.2, -0.15) is 0 Å². The number of phenols is 1. The van der Waals surface area contributed by atoms with Crippen molar-refractivity contribution < 1.29 is 29.0 Å². The lowest BCUT2D eigenvalue weighted by molar-refractivity contribution is -0.122. The Morgan fingerprint density at radius 2 is 1.61 bits per heavy atom. The van der Waals surface area contributed by atoms with E-state index in [1.165, 1.54) is 18.2 Å². The van der Waals surface area contributed by atoms with Crippen LogP contribution in [0.4, 0.5) is 5.69 Å². The van der Waals surface area contributed by atoms with Crippen LogP contribution in [-0.4, -0.2) is 35.3 Å². The molecule has 0 saturated carbocycles. The van der Waals surface area contributed by atoms with Gasteiger partial charge in [0.2, 0.25) is 11.8 Å². The number of hydrogen-bond donors (Lipinski definition) is 1. The van der Waals surface area contributed by atoms with E-state index >= 15 is 0 Å². The second kappa shape index (κ2) is 8.47. The minimum absolute atomic E-state index is 0.188. The number of nitrogens with zero attached hydrogens (tertiary/aromatic N) is 1. The molecular weight excluding hydrogens is 466 g/mol. The molecule has 0 radical (unpaired) electrons. The molecule has 1 N–H and O–H groups in total. The third-order valence-corrected chi connectivity index (χ3v) is 6.00. The maximum atomic E-state index is 12.8. The fraction of sp³-hybridized carbons (Fsp3) is 0.217. The quantitative estimate of drug-likeness (QED) is 0.301. The van der Waals surface area contributed by atoms with Gasteiger partial charge in [-0.1, -0.05) is 40.2 Å². The molecule has 4 rings (SSSR count). The van der Waals surface area contributed by atoms with E-state index in [4.69, 9.17) is 4.74 Å². The van der Waals surface area contributed by atoms with Crippen LogP contribution in [0, 0.1) is 11.8 Å². The third-order valence-electron chi connectivity index (χ3n) is 5.47. The number of hydrogen-bond acceptors (Lipinski definition) is 6. The Kier molecular flexibility index (Phi) is 5.73. The Morgan fingerprint density at radius 1 is 1.00 bits per heavy atom. The highest BCUT2D eigenvalue weighted by molar-refractivity contribution is 9.10. The Balaban J connectivity index is 1.50. The van der Waals surface area contributed by atoms with E-state index in [1.54, 1.807) is 24.3 Å². The summed E-state index contributed by atoms with van der Waals surface area (Å²) in [5.41, 5.74) is 0.335. The number of halogens is 1. The number of amides is 2. The van der Waals surface area contributed by atoms with Crippen molar-refractivity contribution >= 4 is 45.2 Å². The number of Topliss-reactive ketones (excluding diaryl/α,β-unsaturated/α-hetero) is 1. The highest BCUT2D eigenvalue weighted by atomic mass is 79.9. The average Bonchev–Trinajstić information content (AvgIpc) is 3.03. The summed E-state index contributed by atoms with van der Waals surface area (Å²) in [6.07, 6.45) is 4.77. The maximum absolute atomic E-state index is 12.8. The normalized spacial score (nSPS) is 20.0. The standard InChI is InChI=1S/C23H18BrNO6/c24-14-7-5-13(6-8-14)20(27)12-31-23(30)18-11-15(9-10-19(18)26)25-21(28)16-3-1-2-4-17(16)22(25)29/h1-2,5-11,16-17,26H,3-4,12H2. The molecule has 1 aliphatic carbocycles. The van der Waals surface area contributed by atoms with Crippen LogP contribution in [0.15, 0.2) is 59.1 Å². The van der Waals surface area contributed by atoms with Crippen molar-refractivity contribution in [3.63, 3.8) is 0 Å². The molecule has 1 saturated heterocycles. The number of ketones is 1. The van der Waals surface area contributed by atoms with Gasteiger partial charge >= 0.3 is 5.97 Å². The zero-order valence-electron chi connectivity index (χ0n) is 16.3. The predicted molar refractivity (Wildman–Crippen MR) is 115 cm³/mol. The van der Waals surface area contributed by atoms with Gasteiger partial charge in [-0.3, -0.25) is 19.3 Å². The van der Waals surface area contributed by atoms with E-state index < -0.39 is 30.2 Å². The predicted octanol–water partition coefficient (Wildman–Crippen LogP) is 3.65. The summed E-state index contributed by atoms with van der Waals surface area (Å²) in [5.74, 6) is -3.18. The molecule has 8 heteroatoms. The molecule has 2 aromatic rings. The molecule has 2 amide bonds. The molecule has 1 fully saturated rings. The number of fused-ring (bicyclic) bond motifs is 1. The largest absolute Gasteiger partial charge is 0.507 e. The zero-order chi connectivity index (χ0) is 22.1. The summed E-state index contributed by atoms with van der Waals surface area (Å²) < 4.78 is 5.87. The molecule has 0 spiro atoms. The second-order valence-electron chi connectivity index (χ2n) is 7.38. The summed E-state index contributed by atoms with van der Waals surface area (Å²) in [5, 5.41) is 10.1. The van der Waals surface area contributed by atoms with Crippen LogP contribution in [0.3, 0.4) is 0 Å². The summed E-state index contributed by atoms with van der Waals surface area (Å²) in [4.78, 5) is 51.3. The van der Waals surface area contributed by atoms with Crippen molar-refractivity contribution in [2.75, 3.05) is 11.5 Å². The second-order valence-corrected chi connectivity index (χ2v) is 8.29. The number of rotatable bonds is 5. The van der Waals surface area contributed by atoms with E-state index in [0.29, 0.717) is 18.4 Å². The number of ether oxygens (including phenoxy) is 1. The molecular formula is C23H18BrNO6. The molecule has 2 aliphatic rings. The third kappa shape index (κ3) is 4.03. The molecule has 0 bridgehead atoms. The maximum Gasteiger partial charge on any atom is 0.342 e. The van der Waals surface area contributed by atoms with Gasteiger partial charge in [0.25, 0.3) is 0 Å². The first kappa shape index (κ1) is 21.0. The van der Waals surface area contributed by atoms with Crippen LogP contribution >= 0.6 is 15.9 Å². The number of aromatic hydroxyl groups is 1. The van der Waals surface area contributed by atoms with Crippen molar-refractivity contribution in [2.24, 2.45) is 11.8 Å². The lowest BCUT2D eigenvalue weighted by Crippen LogP contribution is -2.31. The fourth-order valence-corrected chi connectivity index (χ4v) is 4.07. The Morgan fingerprint density at radius 3 is 2.23 bits per heavy atom. The Bertz CT molecular complexity index is 1080. The van der Waals surface area contributed by atoms with Crippen LogP contribution in [0.25, 0.3) is 0 Å². The molecule has 1 aliphatic heterocycles. The van der Waals surface area contributed by atoms with Gasteiger partial charge < -0.3 is 9.84 Å². The van der Waals surface area contributed by atoms with Crippen molar-refractivity contribution in [1.29, 1.82) is 0 Å². The highest BCUT2D eigenvalue weighted by Crippen LogP contribution is 2.38. The number of allylic oxidation sites excluding steroid dienone is 2. The van der Waals surface area contributed by atoms with Crippen LogP contribution in [-0.2, 0) is 14.3 Å². The van der Waals surface area contributed by atoms with Crippen LogP contribution in [0.1, 0.15) is 33.6 Å². The first-order valence-electron chi connectivity index (χ1n) is 9.68. The van der Waals surface area contributed by atoms with Crippen LogP contribution < -0.4 is 4.90 Å². The van der Waals surface area contributed by atoms with Gasteiger partial charge in [-0.15, -0.1) is 0 Å². The number of anilines is 1. The lowest BCUT2D eigenvalue weighted by atomic mass is 9.85. The van der Waals surface area contributed by atoms with Gasteiger partial charge in [0.05, 0.1) is 17.5 Å². The first-order chi connectivity index (χ1) is 14.9. The number of esters is 1. The molecule has 7 nitrogen and oxygen atoms in total. The number of imide groups is 1. The topological polar surface area (TPSA) is 101 Å². The van der Waals surface area contributed by atoms with E-state index in [-0.39, 0.29) is 28.8 Å². The van der Waals surface area contributed by atoms with E-state index in [2.05, 4.69) is 15.9 Å². The number of phenolic OH excluding ortho intramolecular Hbond substituents is 1. The van der Waals surface area contributed by atoms with E-state index in [0.717, 1.165) is 9.37 Å². The lowest BCUT2D eigenvalue weighted by Gasteiger charge is -2.16. The summed E-state index contributed by atoms with van der Waals surface area (Å²) in [7, 11) is 0. The van der Waals surface area contributed by atoms with Crippen molar-refractivity contribution in [2.45, 2.75) is 12.8 Å². The van der Waals surface area contributed by atoms with Crippen molar-refractivity contribution in [1.82, 2.24) is 0 Å². The Hall–Kier alpha value is -3.26. The molecule has 158 valence electrons. The SMILES string of the molecule is O=C(COC(=O)c1cc(N2C(=O)C3CC=CCC3C2=O)ccc1O)c1ccc(Br)cc1. The molecule has 31 heavy (non-hydrogen) atoms. The average molecular weight is 484 g/mol. The number of carbonyl (C=O) groups is 4. The highest BCUT2D eigenvalue weighted by Gasteiger charge is 2.48. The van der Waals surface area contributed by atoms with Crippen LogP contribution in [0.2, 0.25) is 0 Å². The first-order valence-corrected chi connectivity index (χ1v) is 10.5. The summed E-state index contributed by atoms with van der Waals surface area (Å²) in [6, 6.07) is 10.4. The molecule has 2 atom stereocenters. The number of carbonyl (C=O) groups excluding carboxylic acids is 4. The van der Waals surface area contributed by atoms with Crippen molar-refractivity contribution in [3.8, 4) is 5.75 Å². The monoisotopic (exact) mass is 483 g/mol. The van der Waals surface area contributed by atoms with Gasteiger partial charge in [0.15, 0.2) is 12.4 Å². The van der Waals surface area contributed by atoms with Gasteiger partial charge in [-0.05, 0) is 43.2 Å². The number of benzene rings is 2. The van der Waals surface area contributed by atoms with Gasteiger partial charge in [0, 0.05) is 10.0 Å². The van der Waals surface area contributed by atoms with Crippen molar-refractivity contribution in [3.05, 3.63) is 70.2 Å². The molecule has 0 aromatic heterocycles. The molecule has 2 unspecified atom stereocenters.